The maximum Gasteiger partial charge on any atom is 0.308 e. The summed E-state index contributed by atoms with van der Waals surface area (Å²) in [4.78, 5) is 22.4. The first-order valence-corrected chi connectivity index (χ1v) is 9.50. The van der Waals surface area contributed by atoms with E-state index < -0.39 is 0 Å². The third-order valence-electron chi connectivity index (χ3n) is 4.87. The molecule has 1 saturated heterocycles. The average molecular weight is 387 g/mol. The predicted octanol–water partition coefficient (Wildman–Crippen LogP) is 2.36. The number of piperidine rings is 1. The number of esters is 1. The van der Waals surface area contributed by atoms with Crippen molar-refractivity contribution in [3.05, 3.63) is 48.3 Å². The van der Waals surface area contributed by atoms with E-state index in [0.717, 1.165) is 44.0 Å². The van der Waals surface area contributed by atoms with Crippen LogP contribution in [0.4, 0.5) is 4.39 Å². The highest BCUT2D eigenvalue weighted by atomic mass is 19.1. The maximum atomic E-state index is 14.4. The molecule has 1 aromatic carbocycles. The van der Waals surface area contributed by atoms with Gasteiger partial charge in [0.2, 0.25) is 0 Å². The zero-order valence-corrected chi connectivity index (χ0v) is 16.3. The third kappa shape index (κ3) is 4.68. The maximum absolute atomic E-state index is 14.4. The van der Waals surface area contributed by atoms with Crippen molar-refractivity contribution >= 4 is 11.9 Å². The molecular weight excluding hydrogens is 361 g/mol. The van der Waals surface area contributed by atoms with Gasteiger partial charge in [-0.3, -0.25) is 4.79 Å². The highest BCUT2D eigenvalue weighted by Crippen LogP contribution is 2.19. The van der Waals surface area contributed by atoms with Crippen LogP contribution in [-0.2, 0) is 16.1 Å². The van der Waals surface area contributed by atoms with E-state index in [2.05, 4.69) is 20.2 Å². The van der Waals surface area contributed by atoms with Crippen molar-refractivity contribution < 1.29 is 13.9 Å². The zero-order chi connectivity index (χ0) is 19.9. The van der Waals surface area contributed by atoms with E-state index in [4.69, 9.17) is 4.74 Å². The second-order valence-electron chi connectivity index (χ2n) is 6.71. The third-order valence-corrected chi connectivity index (χ3v) is 4.87. The summed E-state index contributed by atoms with van der Waals surface area (Å²) >= 11 is 0. The Morgan fingerprint density at radius 3 is 2.79 bits per heavy atom. The monoisotopic (exact) mass is 387 g/mol. The number of aliphatic imine (C=N–C) groups is 1. The average Bonchev–Trinajstić information content (AvgIpc) is 3.25. The normalized spacial score (nSPS) is 15.5. The number of carbonyl (C=O) groups excluding carboxylic acids is 1. The molecule has 8 heteroatoms. The van der Waals surface area contributed by atoms with Gasteiger partial charge in [0.25, 0.3) is 0 Å². The van der Waals surface area contributed by atoms with Crippen LogP contribution in [0.25, 0.3) is 5.69 Å². The number of benzene rings is 1. The number of hydrogen-bond donors (Lipinski definition) is 1. The van der Waals surface area contributed by atoms with E-state index in [1.54, 1.807) is 29.4 Å². The molecule has 0 bridgehead atoms. The molecule has 2 aromatic rings. The molecular formula is C20H26FN5O2. The zero-order valence-electron chi connectivity index (χ0n) is 16.3. The highest BCUT2D eigenvalue weighted by Gasteiger charge is 2.26. The van der Waals surface area contributed by atoms with Crippen LogP contribution >= 0.6 is 0 Å². The van der Waals surface area contributed by atoms with Crippen LogP contribution in [0.1, 0.15) is 25.3 Å². The van der Waals surface area contributed by atoms with Crippen molar-refractivity contribution in [3.63, 3.8) is 0 Å². The van der Waals surface area contributed by atoms with Crippen molar-refractivity contribution in [3.8, 4) is 5.69 Å². The minimum atomic E-state index is -0.311. The fourth-order valence-corrected chi connectivity index (χ4v) is 3.35. The van der Waals surface area contributed by atoms with Crippen LogP contribution in [0.3, 0.4) is 0 Å². The summed E-state index contributed by atoms with van der Waals surface area (Å²) in [6.45, 7) is 4.60. The standard InChI is InChI=1S/C20H26FN5O2/c1-3-23-20(25-9-6-16(7-10-25)19(27)28-2)24-13-15-4-5-18(17(21)12-15)26-11-8-22-14-26/h4-5,8,11-12,14,16H,3,6-7,9-10,13H2,1-2H3,(H,23,24). The molecule has 0 saturated carbocycles. The van der Waals surface area contributed by atoms with Crippen LogP contribution in [-0.4, -0.2) is 53.1 Å². The molecule has 1 aliphatic rings. The SMILES string of the molecule is CCNC(=NCc1ccc(-n2ccnc2)c(F)c1)N1CCC(C(=O)OC)CC1. The predicted molar refractivity (Wildman–Crippen MR) is 105 cm³/mol. The second-order valence-corrected chi connectivity index (χ2v) is 6.71. The molecule has 0 radical (unpaired) electrons. The lowest BCUT2D eigenvalue weighted by molar-refractivity contribution is -0.146. The molecule has 0 spiro atoms. The van der Waals surface area contributed by atoms with Crippen LogP contribution in [0.15, 0.2) is 41.9 Å². The summed E-state index contributed by atoms with van der Waals surface area (Å²) in [5.74, 6) is 0.281. The largest absolute Gasteiger partial charge is 0.469 e. The Balaban J connectivity index is 1.66. The topological polar surface area (TPSA) is 71.8 Å². The van der Waals surface area contributed by atoms with Crippen LogP contribution in [0, 0.1) is 11.7 Å². The minimum absolute atomic E-state index is 0.0473. The van der Waals surface area contributed by atoms with Gasteiger partial charge in [-0.25, -0.2) is 14.4 Å². The molecule has 0 aliphatic carbocycles. The number of halogens is 1. The molecule has 1 fully saturated rings. The molecule has 0 atom stereocenters. The van der Waals surface area contributed by atoms with Gasteiger partial charge in [-0.2, -0.15) is 0 Å². The van der Waals surface area contributed by atoms with E-state index in [0.29, 0.717) is 12.2 Å². The summed E-state index contributed by atoms with van der Waals surface area (Å²) < 4.78 is 20.9. The summed E-state index contributed by atoms with van der Waals surface area (Å²) in [5, 5.41) is 3.28. The number of likely N-dealkylation sites (tertiary alicyclic amines) is 1. The van der Waals surface area contributed by atoms with Gasteiger partial charge in [-0.05, 0) is 37.5 Å². The summed E-state index contributed by atoms with van der Waals surface area (Å²) in [7, 11) is 1.43. The number of rotatable bonds is 5. The summed E-state index contributed by atoms with van der Waals surface area (Å²) in [5.41, 5.74) is 1.25. The number of nitrogens with one attached hydrogen (secondary N) is 1. The molecule has 3 rings (SSSR count). The van der Waals surface area contributed by atoms with E-state index in [9.17, 15) is 9.18 Å². The Kier molecular flexibility index (Phi) is 6.62. The van der Waals surface area contributed by atoms with Gasteiger partial charge in [0.05, 0.1) is 31.6 Å². The van der Waals surface area contributed by atoms with Crippen LogP contribution in [0.2, 0.25) is 0 Å². The van der Waals surface area contributed by atoms with Gasteiger partial charge in [0.15, 0.2) is 5.96 Å². The van der Waals surface area contributed by atoms with Gasteiger partial charge in [0.1, 0.15) is 5.82 Å². The van der Waals surface area contributed by atoms with Gasteiger partial charge >= 0.3 is 5.97 Å². The Labute approximate surface area is 164 Å². The summed E-state index contributed by atoms with van der Waals surface area (Å²) in [6, 6.07) is 5.11. The van der Waals surface area contributed by atoms with Gasteiger partial charge < -0.3 is 19.5 Å². The lowest BCUT2D eigenvalue weighted by atomic mass is 9.97. The second kappa shape index (κ2) is 9.34. The van der Waals surface area contributed by atoms with Crippen molar-refractivity contribution in [2.75, 3.05) is 26.7 Å². The number of aromatic nitrogens is 2. The first kappa shape index (κ1) is 19.9. The fraction of sp³-hybridized carbons (Fsp3) is 0.450. The number of imidazole rings is 1. The van der Waals surface area contributed by atoms with Gasteiger partial charge in [0, 0.05) is 32.0 Å². The van der Waals surface area contributed by atoms with Crippen molar-refractivity contribution in [1.29, 1.82) is 0 Å². The first-order valence-electron chi connectivity index (χ1n) is 9.50. The molecule has 1 aliphatic heterocycles. The molecule has 28 heavy (non-hydrogen) atoms. The van der Waals surface area contributed by atoms with Crippen molar-refractivity contribution in [2.24, 2.45) is 10.9 Å². The quantitative estimate of drug-likeness (QED) is 0.484. The number of carbonyl (C=O) groups is 1. The Hall–Kier alpha value is -2.90. The smallest absolute Gasteiger partial charge is 0.308 e. The molecule has 1 aromatic heterocycles. The van der Waals surface area contributed by atoms with Gasteiger partial charge in [-0.1, -0.05) is 6.07 Å². The van der Waals surface area contributed by atoms with E-state index >= 15 is 0 Å². The van der Waals surface area contributed by atoms with Crippen molar-refractivity contribution in [2.45, 2.75) is 26.3 Å². The van der Waals surface area contributed by atoms with Crippen LogP contribution in [0.5, 0.6) is 0 Å². The molecule has 0 unspecified atom stereocenters. The van der Waals surface area contributed by atoms with E-state index in [-0.39, 0.29) is 17.7 Å². The van der Waals surface area contributed by atoms with Crippen molar-refractivity contribution in [1.82, 2.24) is 19.8 Å². The highest BCUT2D eigenvalue weighted by molar-refractivity contribution is 5.80. The number of hydrogen-bond acceptors (Lipinski definition) is 4. The van der Waals surface area contributed by atoms with Gasteiger partial charge in [-0.15, -0.1) is 0 Å². The Bertz CT molecular complexity index is 814. The number of methoxy groups -OCH3 is 1. The van der Waals surface area contributed by atoms with E-state index in [1.165, 1.54) is 13.2 Å². The lowest BCUT2D eigenvalue weighted by Crippen LogP contribution is -2.46. The fourth-order valence-electron chi connectivity index (χ4n) is 3.35. The molecule has 2 heterocycles. The molecule has 150 valence electrons. The molecule has 7 nitrogen and oxygen atoms in total. The Morgan fingerprint density at radius 1 is 1.39 bits per heavy atom. The lowest BCUT2D eigenvalue weighted by Gasteiger charge is -2.33. The molecule has 1 N–H and O–H groups in total. The van der Waals surface area contributed by atoms with E-state index in [1.807, 2.05) is 13.0 Å². The number of nitrogens with zero attached hydrogens (tertiary/aromatic N) is 4. The van der Waals surface area contributed by atoms with Crippen LogP contribution < -0.4 is 5.32 Å². The first-order chi connectivity index (χ1) is 13.6. The minimum Gasteiger partial charge on any atom is -0.469 e. The summed E-state index contributed by atoms with van der Waals surface area (Å²) in [6.07, 6.45) is 6.37. The molecule has 0 amide bonds. The number of guanidine groups is 1. The number of ether oxygens (including phenoxy) is 1. The Morgan fingerprint density at radius 2 is 2.18 bits per heavy atom.